The van der Waals surface area contributed by atoms with E-state index in [-0.39, 0.29) is 5.91 Å². The fourth-order valence-electron chi connectivity index (χ4n) is 3.82. The topological polar surface area (TPSA) is 41.4 Å². The Bertz CT molecular complexity index is 576. The number of likely N-dealkylation sites (N-methyl/N-ethyl adjacent to an activating group) is 1. The highest BCUT2D eigenvalue weighted by atomic mass is 16.2. The van der Waals surface area contributed by atoms with Gasteiger partial charge >= 0.3 is 0 Å². The Kier molecular flexibility index (Phi) is 6.07. The fourth-order valence-corrected chi connectivity index (χ4v) is 3.82. The first kappa shape index (κ1) is 19.0. The van der Waals surface area contributed by atoms with Gasteiger partial charge in [-0.15, -0.1) is 0 Å². The van der Waals surface area contributed by atoms with E-state index in [9.17, 15) is 4.79 Å². The lowest BCUT2D eigenvalue weighted by atomic mass is 10.0. The Morgan fingerprint density at radius 2 is 1.96 bits per heavy atom. The predicted molar refractivity (Wildman–Crippen MR) is 98.1 cm³/mol. The molecule has 136 valence electrons. The maximum Gasteiger partial charge on any atom is 0.227 e. The van der Waals surface area contributed by atoms with Crippen molar-refractivity contribution < 1.29 is 4.79 Å². The normalized spacial score (nSPS) is 21.3. The minimum Gasteiger partial charge on any atom is -0.340 e. The van der Waals surface area contributed by atoms with Crippen LogP contribution in [0.5, 0.6) is 0 Å². The van der Waals surface area contributed by atoms with E-state index in [1.807, 2.05) is 6.92 Å². The fraction of sp³-hybridized carbons (Fsp3) is 0.789. The first-order valence-corrected chi connectivity index (χ1v) is 9.21. The number of carbonyl (C=O) groups is 1. The lowest BCUT2D eigenvalue weighted by Crippen LogP contribution is -2.36. The van der Waals surface area contributed by atoms with Crippen LogP contribution in [0.2, 0.25) is 0 Å². The summed E-state index contributed by atoms with van der Waals surface area (Å²) < 4.78 is 2.06. The van der Waals surface area contributed by atoms with Crippen molar-refractivity contribution in [1.29, 1.82) is 0 Å². The molecule has 1 aliphatic heterocycles. The van der Waals surface area contributed by atoms with Crippen LogP contribution in [-0.2, 0) is 17.8 Å². The van der Waals surface area contributed by atoms with Gasteiger partial charge in [-0.25, -0.2) is 0 Å². The molecule has 0 spiro atoms. The Balaban J connectivity index is 2.09. The summed E-state index contributed by atoms with van der Waals surface area (Å²) in [5, 5.41) is 4.64. The summed E-state index contributed by atoms with van der Waals surface area (Å²) in [6.45, 7) is 13.4. The summed E-state index contributed by atoms with van der Waals surface area (Å²) in [5.74, 6) is 1.37. The predicted octanol–water partition coefficient (Wildman–Crippen LogP) is 2.50. The van der Waals surface area contributed by atoms with Crippen molar-refractivity contribution in [3.8, 4) is 0 Å². The zero-order valence-electron chi connectivity index (χ0n) is 16.5. The van der Waals surface area contributed by atoms with Crippen molar-refractivity contribution in [2.24, 2.45) is 11.8 Å². The molecule has 2 rings (SSSR count). The van der Waals surface area contributed by atoms with Crippen molar-refractivity contribution in [3.63, 3.8) is 0 Å². The van der Waals surface area contributed by atoms with Crippen LogP contribution in [0.1, 0.15) is 44.1 Å². The van der Waals surface area contributed by atoms with Crippen molar-refractivity contribution in [2.45, 2.75) is 60.0 Å². The molecule has 2 heterocycles. The lowest BCUT2D eigenvalue weighted by Gasteiger charge is -2.23. The molecule has 1 aromatic rings. The molecule has 0 bridgehead atoms. The molecule has 2 atom stereocenters. The second kappa shape index (κ2) is 7.68. The molecule has 1 saturated heterocycles. The number of likely N-dealkylation sites (tertiary alicyclic amines) is 1. The Hall–Kier alpha value is -1.36. The zero-order chi connectivity index (χ0) is 18.0. The van der Waals surface area contributed by atoms with Gasteiger partial charge in [0.2, 0.25) is 5.91 Å². The van der Waals surface area contributed by atoms with Crippen LogP contribution in [0.3, 0.4) is 0 Å². The van der Waals surface area contributed by atoms with Crippen LogP contribution in [0, 0.1) is 25.7 Å². The number of rotatable bonds is 6. The van der Waals surface area contributed by atoms with Gasteiger partial charge in [0.05, 0.1) is 12.1 Å². The van der Waals surface area contributed by atoms with E-state index < -0.39 is 0 Å². The number of hydrogen-bond acceptors (Lipinski definition) is 3. The zero-order valence-corrected chi connectivity index (χ0v) is 16.5. The second-order valence-electron chi connectivity index (χ2n) is 7.90. The molecule has 0 unspecified atom stereocenters. The summed E-state index contributed by atoms with van der Waals surface area (Å²) in [5.41, 5.74) is 3.25. The van der Waals surface area contributed by atoms with E-state index in [4.69, 9.17) is 0 Å². The maximum absolute atomic E-state index is 12.9. The molecule has 24 heavy (non-hydrogen) atoms. The summed E-state index contributed by atoms with van der Waals surface area (Å²) in [6.07, 6.45) is 1.60. The van der Waals surface area contributed by atoms with Gasteiger partial charge in [-0.3, -0.25) is 9.48 Å². The van der Waals surface area contributed by atoms with Crippen LogP contribution in [0.25, 0.3) is 0 Å². The number of aromatic nitrogens is 2. The SMILES string of the molecule is CC[C@@H]1CN(C(=O)Cc2c(C)nn(CC(C)C)c2C)C[C@@H]1N(C)C. The Labute approximate surface area is 147 Å². The van der Waals surface area contributed by atoms with E-state index in [0.29, 0.717) is 24.3 Å². The van der Waals surface area contributed by atoms with Crippen LogP contribution in [0.4, 0.5) is 0 Å². The van der Waals surface area contributed by atoms with E-state index in [1.54, 1.807) is 0 Å². The average Bonchev–Trinajstić information content (AvgIpc) is 3.04. The van der Waals surface area contributed by atoms with E-state index >= 15 is 0 Å². The molecule has 0 aromatic carbocycles. The number of amides is 1. The van der Waals surface area contributed by atoms with Gasteiger partial charge in [-0.1, -0.05) is 27.2 Å². The van der Waals surface area contributed by atoms with Gasteiger partial charge in [0, 0.05) is 36.9 Å². The van der Waals surface area contributed by atoms with Crippen LogP contribution in [0.15, 0.2) is 0 Å². The molecular formula is C19H34N4O. The molecular weight excluding hydrogens is 300 g/mol. The lowest BCUT2D eigenvalue weighted by molar-refractivity contribution is -0.129. The molecule has 1 fully saturated rings. The smallest absolute Gasteiger partial charge is 0.227 e. The highest BCUT2D eigenvalue weighted by Crippen LogP contribution is 2.25. The highest BCUT2D eigenvalue weighted by molar-refractivity contribution is 5.79. The average molecular weight is 335 g/mol. The van der Waals surface area contributed by atoms with Crippen molar-refractivity contribution >= 4 is 5.91 Å². The molecule has 0 aliphatic carbocycles. The molecule has 1 aromatic heterocycles. The number of carbonyl (C=O) groups excluding carboxylic acids is 1. The summed E-state index contributed by atoms with van der Waals surface area (Å²) in [6, 6.07) is 0.477. The molecule has 1 amide bonds. The van der Waals surface area contributed by atoms with E-state index in [0.717, 1.165) is 43.0 Å². The van der Waals surface area contributed by atoms with Gasteiger partial charge < -0.3 is 9.80 Å². The first-order chi connectivity index (χ1) is 11.2. The van der Waals surface area contributed by atoms with Gasteiger partial charge in [-0.2, -0.15) is 5.10 Å². The number of hydrogen-bond donors (Lipinski definition) is 0. The van der Waals surface area contributed by atoms with E-state index in [2.05, 4.69) is 61.4 Å². The van der Waals surface area contributed by atoms with Gasteiger partial charge in [-0.05, 0) is 39.8 Å². The third-order valence-electron chi connectivity index (χ3n) is 5.34. The van der Waals surface area contributed by atoms with Gasteiger partial charge in [0.1, 0.15) is 0 Å². The minimum absolute atomic E-state index is 0.244. The molecule has 1 aliphatic rings. The molecule has 5 nitrogen and oxygen atoms in total. The Morgan fingerprint density at radius 3 is 2.46 bits per heavy atom. The highest BCUT2D eigenvalue weighted by Gasteiger charge is 2.35. The maximum atomic E-state index is 12.9. The molecule has 0 radical (unpaired) electrons. The largest absolute Gasteiger partial charge is 0.340 e. The summed E-state index contributed by atoms with van der Waals surface area (Å²) in [7, 11) is 4.23. The third-order valence-corrected chi connectivity index (χ3v) is 5.34. The third kappa shape index (κ3) is 4.00. The molecule has 0 saturated carbocycles. The summed E-state index contributed by atoms with van der Waals surface area (Å²) >= 11 is 0. The monoisotopic (exact) mass is 334 g/mol. The van der Waals surface area contributed by atoms with Crippen LogP contribution in [-0.4, -0.2) is 58.7 Å². The van der Waals surface area contributed by atoms with E-state index in [1.165, 1.54) is 0 Å². The molecule has 0 N–H and O–H groups in total. The first-order valence-electron chi connectivity index (χ1n) is 9.21. The van der Waals surface area contributed by atoms with Crippen molar-refractivity contribution in [2.75, 3.05) is 27.2 Å². The number of aryl methyl sites for hydroxylation is 1. The minimum atomic E-state index is 0.244. The van der Waals surface area contributed by atoms with Gasteiger partial charge in [0.25, 0.3) is 0 Å². The van der Waals surface area contributed by atoms with Crippen LogP contribution >= 0.6 is 0 Å². The summed E-state index contributed by atoms with van der Waals surface area (Å²) in [4.78, 5) is 17.2. The molecule has 5 heteroatoms. The van der Waals surface area contributed by atoms with Crippen LogP contribution < -0.4 is 0 Å². The Morgan fingerprint density at radius 1 is 1.29 bits per heavy atom. The van der Waals surface area contributed by atoms with Crippen molar-refractivity contribution in [3.05, 3.63) is 17.0 Å². The second-order valence-corrected chi connectivity index (χ2v) is 7.90. The van der Waals surface area contributed by atoms with Crippen molar-refractivity contribution in [1.82, 2.24) is 19.6 Å². The van der Waals surface area contributed by atoms with Gasteiger partial charge in [0.15, 0.2) is 0 Å². The standard InChI is InChI=1S/C19H34N4O/c1-8-16-11-22(12-18(16)21(6)7)19(24)9-17-14(4)20-23(15(17)5)10-13(2)3/h13,16,18H,8-12H2,1-7H3/t16-,18+/m1/s1. The number of nitrogens with zero attached hydrogens (tertiary/aromatic N) is 4. The quantitative estimate of drug-likeness (QED) is 0.803.